The topological polar surface area (TPSA) is 132 Å². The SMILES string of the molecule is CCCCOc1ccc(C(=O)CCN2CCCCC2)cc1.CN1CC[C@]23c4c5ccc(O)c4O[C@H]2C(=O)CC[C@H]3[C@H]1C5.CN1CC[C@]23c4c5ccc(O)c4O[C@H]2[C@@H](O)C=C[C@H]3[C@H]1C5. The number of carbonyl (C=O) groups excluding carboxylic acids is 2. The van der Waals surface area contributed by atoms with Crippen LogP contribution in [0.3, 0.4) is 0 Å². The number of unbranched alkanes of at least 4 members (excludes halogenated alkanes) is 1. The van der Waals surface area contributed by atoms with Crippen LogP contribution >= 0.6 is 0 Å². The zero-order chi connectivity index (χ0) is 43.6. The highest BCUT2D eigenvalue weighted by Crippen LogP contribution is 2.64. The third-order valence-electron chi connectivity index (χ3n) is 16.6. The van der Waals surface area contributed by atoms with Crippen molar-refractivity contribution in [1.82, 2.24) is 14.7 Å². The summed E-state index contributed by atoms with van der Waals surface area (Å²) in [6.45, 7) is 8.10. The lowest BCUT2D eigenvalue weighted by Crippen LogP contribution is -2.65. The van der Waals surface area contributed by atoms with Crippen LogP contribution in [0.15, 0.2) is 60.7 Å². The summed E-state index contributed by atoms with van der Waals surface area (Å²) >= 11 is 0. The zero-order valence-electron chi connectivity index (χ0n) is 37.3. The van der Waals surface area contributed by atoms with E-state index in [0.29, 0.717) is 48.3 Å². The minimum atomic E-state index is -0.594. The fourth-order valence-electron chi connectivity index (χ4n) is 13.4. The number of aliphatic hydroxyl groups excluding tert-OH is 1. The van der Waals surface area contributed by atoms with Gasteiger partial charge in [0.2, 0.25) is 0 Å². The molecule has 12 rings (SSSR count). The van der Waals surface area contributed by atoms with Crippen LogP contribution in [0.5, 0.6) is 28.7 Å². The number of ketones is 2. The van der Waals surface area contributed by atoms with Crippen molar-refractivity contribution in [1.29, 1.82) is 0 Å². The number of aliphatic hydroxyl groups is 1. The van der Waals surface area contributed by atoms with Crippen molar-refractivity contribution in [2.24, 2.45) is 11.8 Å². The van der Waals surface area contributed by atoms with Gasteiger partial charge in [0.1, 0.15) is 18.0 Å². The Labute approximate surface area is 372 Å². The highest BCUT2D eigenvalue weighted by Gasteiger charge is 2.66. The van der Waals surface area contributed by atoms with E-state index >= 15 is 0 Å². The predicted molar refractivity (Wildman–Crippen MR) is 240 cm³/mol. The molecule has 1 saturated carbocycles. The van der Waals surface area contributed by atoms with Crippen LogP contribution in [-0.4, -0.2) is 125 Å². The Balaban J connectivity index is 0.000000112. The maximum atomic E-state index is 12.5. The standard InChI is InChI=1S/C18H27NO2.2C17H19NO3/c1-2-3-15-21-17-9-7-16(8-10-17)18(20)11-14-19-12-5-4-6-13-19;2*1-18-7-6-17-10-3-5-13(20)16(17)21-15-12(19)4-2-9(14(15)17)8-11(10)18/h7-10H,2-6,11-15H2,1H3;2,4,10-11,16,19H,3,5-8H2,1H3;2-5,10-11,13,16,19-20H,6-8H2,1H3/t;10-,11+,16-,17-;10-,11+,13-,16-,17-/m.00/s1. The molecule has 336 valence electrons. The van der Waals surface area contributed by atoms with E-state index < -0.39 is 6.10 Å². The van der Waals surface area contributed by atoms with Gasteiger partial charge >= 0.3 is 0 Å². The Morgan fingerprint density at radius 2 is 1.46 bits per heavy atom. The molecular weight excluding hydrogens is 795 g/mol. The molecule has 3 N–H and O–H groups in total. The lowest BCUT2D eigenvalue weighted by molar-refractivity contribution is -0.138. The molecular formula is C52H65N3O8. The van der Waals surface area contributed by atoms with Gasteiger partial charge in [0.25, 0.3) is 0 Å². The quantitative estimate of drug-likeness (QED) is 0.126. The normalized spacial score (nSPS) is 32.8. The van der Waals surface area contributed by atoms with Gasteiger partial charge in [-0.25, -0.2) is 0 Å². The molecule has 9 atom stereocenters. The molecule has 0 amide bonds. The second-order valence-corrected chi connectivity index (χ2v) is 19.8. The lowest BCUT2D eigenvalue weighted by atomic mass is 9.52. The number of benzene rings is 3. The minimum absolute atomic E-state index is 0.160. The lowest BCUT2D eigenvalue weighted by Gasteiger charge is -2.57. The van der Waals surface area contributed by atoms with Crippen LogP contribution in [0, 0.1) is 11.8 Å². The first-order valence-electron chi connectivity index (χ1n) is 23.9. The van der Waals surface area contributed by atoms with Crippen LogP contribution in [0.4, 0.5) is 0 Å². The first-order valence-corrected chi connectivity index (χ1v) is 23.9. The molecule has 4 aliphatic carbocycles. The molecule has 3 saturated heterocycles. The number of nitrogens with zero attached hydrogens (tertiary/aromatic N) is 3. The van der Waals surface area contributed by atoms with Gasteiger partial charge in [-0.3, -0.25) is 9.59 Å². The first-order chi connectivity index (χ1) is 30.5. The van der Waals surface area contributed by atoms with Gasteiger partial charge in [0.15, 0.2) is 40.7 Å². The molecule has 3 aromatic rings. The summed E-state index contributed by atoms with van der Waals surface area (Å²) in [4.78, 5) is 32.0. The number of hydrogen-bond donors (Lipinski definition) is 3. The highest BCUT2D eigenvalue weighted by molar-refractivity contribution is 5.96. The second-order valence-electron chi connectivity index (χ2n) is 19.8. The molecule has 9 aliphatic rings. The summed E-state index contributed by atoms with van der Waals surface area (Å²) in [6.07, 6.45) is 15.1. The van der Waals surface area contributed by atoms with Crippen molar-refractivity contribution in [3.8, 4) is 28.7 Å². The van der Waals surface area contributed by atoms with Crippen LogP contribution < -0.4 is 14.2 Å². The molecule has 5 aliphatic heterocycles. The van der Waals surface area contributed by atoms with Crippen LogP contribution in [0.25, 0.3) is 0 Å². The van der Waals surface area contributed by atoms with Crippen LogP contribution in [-0.2, 0) is 28.5 Å². The summed E-state index contributed by atoms with van der Waals surface area (Å²) in [6, 6.07) is 16.1. The number of piperidine rings is 3. The van der Waals surface area contributed by atoms with Gasteiger partial charge in [-0.2, -0.15) is 0 Å². The smallest absolute Gasteiger partial charge is 0.174 e. The first kappa shape index (κ1) is 42.5. The Morgan fingerprint density at radius 1 is 0.810 bits per heavy atom. The number of phenolic OH excluding ortho intramolecular Hbond substituents is 2. The number of likely N-dealkylation sites (tertiary alicyclic amines) is 3. The average Bonchev–Trinajstić information content (AvgIpc) is 3.85. The fraction of sp³-hybridized carbons (Fsp3) is 0.577. The molecule has 0 radical (unpaired) electrons. The number of carbonyl (C=O) groups is 2. The van der Waals surface area contributed by atoms with E-state index in [9.17, 15) is 24.9 Å². The highest BCUT2D eigenvalue weighted by atomic mass is 16.5. The number of hydrogen-bond acceptors (Lipinski definition) is 11. The van der Waals surface area contributed by atoms with Crippen molar-refractivity contribution in [3.05, 3.63) is 88.5 Å². The van der Waals surface area contributed by atoms with Gasteiger partial charge < -0.3 is 44.2 Å². The summed E-state index contributed by atoms with van der Waals surface area (Å²) in [5.41, 5.74) is 5.35. The Hall–Kier alpha value is -4.42. The molecule has 4 fully saturated rings. The molecule has 11 heteroatoms. The second kappa shape index (κ2) is 16.9. The number of phenols is 2. The van der Waals surface area contributed by atoms with E-state index in [1.807, 2.05) is 42.5 Å². The monoisotopic (exact) mass is 859 g/mol. The van der Waals surface area contributed by atoms with Crippen molar-refractivity contribution in [2.45, 2.75) is 125 Å². The Kier molecular flexibility index (Phi) is 11.4. The minimum Gasteiger partial charge on any atom is -0.504 e. The molecule has 5 heterocycles. The van der Waals surface area contributed by atoms with Crippen LogP contribution in [0.2, 0.25) is 0 Å². The van der Waals surface area contributed by atoms with E-state index in [0.717, 1.165) is 101 Å². The van der Waals surface area contributed by atoms with Crippen molar-refractivity contribution >= 4 is 11.6 Å². The summed E-state index contributed by atoms with van der Waals surface area (Å²) < 4.78 is 17.7. The maximum Gasteiger partial charge on any atom is 0.174 e. The number of rotatable bonds is 8. The van der Waals surface area contributed by atoms with Gasteiger partial charge in [0, 0.05) is 64.9 Å². The number of ether oxygens (including phenoxy) is 3. The summed E-state index contributed by atoms with van der Waals surface area (Å²) in [5, 5.41) is 30.8. The molecule has 11 nitrogen and oxygen atoms in total. The van der Waals surface area contributed by atoms with Crippen LogP contribution in [0.1, 0.15) is 104 Å². The van der Waals surface area contributed by atoms with E-state index in [1.54, 1.807) is 12.1 Å². The third kappa shape index (κ3) is 6.98. The van der Waals surface area contributed by atoms with Crippen molar-refractivity contribution < 1.29 is 39.1 Å². The van der Waals surface area contributed by atoms with Gasteiger partial charge in [0.05, 0.1) is 6.61 Å². The van der Waals surface area contributed by atoms with Gasteiger partial charge in [-0.15, -0.1) is 0 Å². The summed E-state index contributed by atoms with van der Waals surface area (Å²) in [7, 11) is 4.39. The number of likely N-dealkylation sites (N-methyl/N-ethyl adjacent to an activating group) is 2. The predicted octanol–water partition coefficient (Wildman–Crippen LogP) is 6.75. The number of aromatic hydroxyl groups is 2. The van der Waals surface area contributed by atoms with Crippen molar-refractivity contribution in [2.75, 3.05) is 53.4 Å². The van der Waals surface area contributed by atoms with Gasteiger partial charge in [-0.1, -0.05) is 44.1 Å². The number of Topliss-reactive ketones (excluding diaryl/α,β-unsaturated/α-hetero) is 2. The van der Waals surface area contributed by atoms with E-state index in [4.69, 9.17) is 14.2 Å². The maximum absolute atomic E-state index is 12.5. The van der Waals surface area contributed by atoms with Crippen molar-refractivity contribution in [3.63, 3.8) is 0 Å². The molecule has 3 aromatic carbocycles. The third-order valence-corrected chi connectivity index (χ3v) is 16.6. The Bertz CT molecular complexity index is 2240. The molecule has 4 bridgehead atoms. The van der Waals surface area contributed by atoms with Gasteiger partial charge in [-0.05, 0) is 145 Å². The van der Waals surface area contributed by atoms with E-state index in [1.165, 1.54) is 36.0 Å². The van der Waals surface area contributed by atoms with E-state index in [-0.39, 0.29) is 46.1 Å². The largest absolute Gasteiger partial charge is 0.504 e. The molecule has 63 heavy (non-hydrogen) atoms. The molecule has 2 spiro atoms. The van der Waals surface area contributed by atoms with E-state index in [2.05, 4.69) is 41.8 Å². The molecule has 0 aromatic heterocycles. The Morgan fingerprint density at radius 3 is 2.17 bits per heavy atom. The average molecular weight is 860 g/mol. The summed E-state index contributed by atoms with van der Waals surface area (Å²) in [5.74, 6) is 3.78. The molecule has 0 unspecified atom stereocenters. The fourth-order valence-corrected chi connectivity index (χ4v) is 13.4. The zero-order valence-corrected chi connectivity index (χ0v) is 37.3.